The number of hydrogen-bond acceptors (Lipinski definition) is 3. The van der Waals surface area contributed by atoms with Crippen LogP contribution in [-0.4, -0.2) is 55.5 Å². The van der Waals surface area contributed by atoms with Crippen LogP contribution in [0.5, 0.6) is 0 Å². The molecule has 100 valence electrons. The molecular formula is C11H19F3N2O. The number of nitrogens with one attached hydrogen (secondary N) is 1. The van der Waals surface area contributed by atoms with Gasteiger partial charge in [-0.15, -0.1) is 0 Å². The Morgan fingerprint density at radius 1 is 1.29 bits per heavy atom. The summed E-state index contributed by atoms with van der Waals surface area (Å²) >= 11 is 0. The molecule has 0 aromatic carbocycles. The van der Waals surface area contributed by atoms with Gasteiger partial charge in [-0.3, -0.25) is 4.90 Å². The maximum Gasteiger partial charge on any atom is 0.404 e. The van der Waals surface area contributed by atoms with Crippen molar-refractivity contribution in [2.75, 3.05) is 26.3 Å². The van der Waals surface area contributed by atoms with Crippen LogP contribution in [0.25, 0.3) is 0 Å². The van der Waals surface area contributed by atoms with Crippen molar-refractivity contribution in [2.45, 2.75) is 38.1 Å². The van der Waals surface area contributed by atoms with E-state index < -0.39 is 18.1 Å². The third-order valence-corrected chi connectivity index (χ3v) is 4.01. The van der Waals surface area contributed by atoms with Crippen molar-refractivity contribution < 1.29 is 17.9 Å². The highest BCUT2D eigenvalue weighted by molar-refractivity contribution is 4.95. The number of rotatable bonds is 0. The zero-order valence-electron chi connectivity index (χ0n) is 10.1. The number of halogens is 3. The van der Waals surface area contributed by atoms with Gasteiger partial charge in [0.25, 0.3) is 0 Å². The third kappa shape index (κ3) is 2.58. The van der Waals surface area contributed by atoms with Gasteiger partial charge in [0.2, 0.25) is 0 Å². The Morgan fingerprint density at radius 3 is 2.65 bits per heavy atom. The van der Waals surface area contributed by atoms with Crippen molar-refractivity contribution in [1.29, 1.82) is 0 Å². The first-order valence-electron chi connectivity index (χ1n) is 6.05. The van der Waals surface area contributed by atoms with Crippen LogP contribution in [0.1, 0.15) is 13.8 Å². The lowest BCUT2D eigenvalue weighted by Crippen LogP contribution is -2.52. The average molecular weight is 252 g/mol. The molecule has 2 fully saturated rings. The smallest absolute Gasteiger partial charge is 0.378 e. The zero-order chi connectivity index (χ0) is 12.6. The van der Waals surface area contributed by atoms with Crippen LogP contribution in [0.15, 0.2) is 0 Å². The summed E-state index contributed by atoms with van der Waals surface area (Å²) in [5.74, 6) is -0.446. The Bertz CT molecular complexity index is 272. The molecule has 2 unspecified atom stereocenters. The predicted octanol–water partition coefficient (Wildman–Crippen LogP) is 1.25. The summed E-state index contributed by atoms with van der Waals surface area (Å²) in [4.78, 5) is 2.15. The summed E-state index contributed by atoms with van der Waals surface area (Å²) < 4.78 is 44.1. The van der Waals surface area contributed by atoms with E-state index in [0.29, 0.717) is 19.8 Å². The fourth-order valence-electron chi connectivity index (χ4n) is 2.82. The normalized spacial score (nSPS) is 40.8. The van der Waals surface area contributed by atoms with E-state index >= 15 is 0 Å². The molecule has 0 aromatic rings. The van der Waals surface area contributed by atoms with Gasteiger partial charge in [0, 0.05) is 25.2 Å². The summed E-state index contributed by atoms with van der Waals surface area (Å²) in [7, 11) is 0. The summed E-state index contributed by atoms with van der Waals surface area (Å²) in [5.41, 5.74) is 0. The number of alkyl halides is 3. The number of nitrogens with zero attached hydrogens (tertiary/aromatic N) is 1. The first kappa shape index (κ1) is 13.1. The highest BCUT2D eigenvalue weighted by Crippen LogP contribution is 2.32. The van der Waals surface area contributed by atoms with Crippen LogP contribution in [0.2, 0.25) is 0 Å². The summed E-state index contributed by atoms with van der Waals surface area (Å²) in [5, 5.41) is 2.65. The van der Waals surface area contributed by atoms with Crippen molar-refractivity contribution >= 4 is 0 Å². The quantitative estimate of drug-likeness (QED) is 0.702. The number of fused-ring (bicyclic) bond motifs is 1. The molecule has 2 aliphatic heterocycles. The van der Waals surface area contributed by atoms with Gasteiger partial charge < -0.3 is 10.1 Å². The van der Waals surface area contributed by atoms with Crippen LogP contribution in [0.3, 0.4) is 0 Å². The van der Waals surface area contributed by atoms with Gasteiger partial charge in [-0.25, -0.2) is 0 Å². The Hall–Kier alpha value is -0.330. The Balaban J connectivity index is 2.16. The second-order valence-corrected chi connectivity index (χ2v) is 4.99. The maximum atomic E-state index is 12.9. The molecule has 4 atom stereocenters. The van der Waals surface area contributed by atoms with E-state index in [1.54, 1.807) is 6.92 Å². The van der Waals surface area contributed by atoms with E-state index in [2.05, 4.69) is 10.2 Å². The lowest BCUT2D eigenvalue weighted by molar-refractivity contribution is -0.168. The van der Waals surface area contributed by atoms with Crippen LogP contribution < -0.4 is 5.32 Å². The first-order chi connectivity index (χ1) is 7.91. The molecule has 1 N–H and O–H groups in total. The Kier molecular flexibility index (Phi) is 3.66. The first-order valence-corrected chi connectivity index (χ1v) is 6.05. The lowest BCUT2D eigenvalue weighted by atomic mass is 9.93. The lowest BCUT2D eigenvalue weighted by Gasteiger charge is -2.39. The van der Waals surface area contributed by atoms with Crippen LogP contribution >= 0.6 is 0 Å². The van der Waals surface area contributed by atoms with Gasteiger partial charge in [0.1, 0.15) is 6.04 Å². The third-order valence-electron chi connectivity index (χ3n) is 4.01. The molecule has 0 aromatic heterocycles. The highest BCUT2D eigenvalue weighted by atomic mass is 19.4. The molecule has 2 rings (SSSR count). The fraction of sp³-hybridized carbons (Fsp3) is 1.00. The maximum absolute atomic E-state index is 12.9. The molecule has 3 nitrogen and oxygen atoms in total. The molecule has 0 amide bonds. The largest absolute Gasteiger partial charge is 0.404 e. The molecule has 17 heavy (non-hydrogen) atoms. The van der Waals surface area contributed by atoms with Crippen molar-refractivity contribution in [3.63, 3.8) is 0 Å². The van der Waals surface area contributed by atoms with Crippen LogP contribution in [0, 0.1) is 5.92 Å². The van der Waals surface area contributed by atoms with E-state index in [1.165, 1.54) is 0 Å². The number of ether oxygens (including phenoxy) is 1. The summed E-state index contributed by atoms with van der Waals surface area (Å²) in [6, 6.07) is -1.43. The molecule has 0 aliphatic carbocycles. The van der Waals surface area contributed by atoms with Gasteiger partial charge in [-0.1, -0.05) is 6.92 Å². The minimum atomic E-state index is -4.18. The average Bonchev–Trinajstić information content (AvgIpc) is 2.38. The highest BCUT2D eigenvalue weighted by Gasteiger charge is 2.48. The minimum Gasteiger partial charge on any atom is -0.378 e. The Labute approximate surface area is 99.3 Å². The van der Waals surface area contributed by atoms with Crippen molar-refractivity contribution in [1.82, 2.24) is 10.2 Å². The van der Waals surface area contributed by atoms with Gasteiger partial charge in [0.15, 0.2) is 0 Å². The standard InChI is InChI=1S/C11H19F3N2O/c1-7-8(2)16-3-4-17-6-9(16)5-15-10(7)11(12,13)14/h7-10,15H,3-6H2,1-2H3/t7-,8+,9?,10?/m0/s1. The van der Waals surface area contributed by atoms with Crippen molar-refractivity contribution in [3.8, 4) is 0 Å². The fourth-order valence-corrected chi connectivity index (χ4v) is 2.82. The van der Waals surface area contributed by atoms with E-state index in [-0.39, 0.29) is 12.1 Å². The second kappa shape index (κ2) is 4.74. The minimum absolute atomic E-state index is 0.0635. The topological polar surface area (TPSA) is 24.5 Å². The van der Waals surface area contributed by atoms with Gasteiger partial charge in [0.05, 0.1) is 13.2 Å². The number of morpholine rings is 1. The predicted molar refractivity (Wildman–Crippen MR) is 57.8 cm³/mol. The molecule has 6 heteroatoms. The Morgan fingerprint density at radius 2 is 2.00 bits per heavy atom. The summed E-state index contributed by atoms with van der Waals surface area (Å²) in [6.07, 6.45) is -4.18. The van der Waals surface area contributed by atoms with E-state index in [9.17, 15) is 13.2 Å². The van der Waals surface area contributed by atoms with Crippen molar-refractivity contribution in [2.24, 2.45) is 5.92 Å². The van der Waals surface area contributed by atoms with E-state index in [4.69, 9.17) is 4.74 Å². The molecule has 0 bridgehead atoms. The van der Waals surface area contributed by atoms with Crippen LogP contribution in [0.4, 0.5) is 13.2 Å². The molecule has 0 radical (unpaired) electrons. The van der Waals surface area contributed by atoms with Gasteiger partial charge >= 0.3 is 6.18 Å². The van der Waals surface area contributed by atoms with Crippen LogP contribution in [-0.2, 0) is 4.74 Å². The molecule has 0 spiro atoms. The van der Waals surface area contributed by atoms with E-state index in [1.807, 2.05) is 6.92 Å². The van der Waals surface area contributed by atoms with E-state index in [0.717, 1.165) is 6.54 Å². The molecular weight excluding hydrogens is 233 g/mol. The van der Waals surface area contributed by atoms with Crippen molar-refractivity contribution in [3.05, 3.63) is 0 Å². The monoisotopic (exact) mass is 252 g/mol. The molecule has 2 heterocycles. The van der Waals surface area contributed by atoms with Gasteiger partial charge in [-0.2, -0.15) is 13.2 Å². The zero-order valence-corrected chi connectivity index (χ0v) is 10.1. The molecule has 0 saturated carbocycles. The number of hydrogen-bond donors (Lipinski definition) is 1. The van der Waals surface area contributed by atoms with Gasteiger partial charge in [-0.05, 0) is 12.8 Å². The molecule has 2 aliphatic rings. The summed E-state index contributed by atoms with van der Waals surface area (Å²) in [6.45, 7) is 5.77. The molecule has 2 saturated heterocycles. The second-order valence-electron chi connectivity index (χ2n) is 4.99. The SMILES string of the molecule is C[C@@H]1C(C(F)(F)F)NCC2COCCN2[C@@H]1C.